The van der Waals surface area contributed by atoms with Crippen molar-refractivity contribution in [2.24, 2.45) is 5.92 Å². The predicted octanol–water partition coefficient (Wildman–Crippen LogP) is 2.50. The van der Waals surface area contributed by atoms with Crippen LogP contribution in [0.2, 0.25) is 0 Å². The first-order chi connectivity index (χ1) is 8.84. The summed E-state index contributed by atoms with van der Waals surface area (Å²) in [5.74, 6) is 0.908. The molecule has 0 atom stereocenters. The van der Waals surface area contributed by atoms with Gasteiger partial charge in [-0.1, -0.05) is 30.3 Å². The van der Waals surface area contributed by atoms with Gasteiger partial charge in [0.05, 0.1) is 0 Å². The molecule has 0 unspecified atom stereocenters. The van der Waals surface area contributed by atoms with Gasteiger partial charge in [-0.25, -0.2) is 0 Å². The van der Waals surface area contributed by atoms with Crippen molar-refractivity contribution in [3.8, 4) is 0 Å². The van der Waals surface area contributed by atoms with Crippen LogP contribution in [0.3, 0.4) is 0 Å². The molecule has 2 rings (SSSR count). The number of hydrogen-bond acceptors (Lipinski definition) is 2. The fourth-order valence-corrected chi connectivity index (χ4v) is 2.39. The molecule has 1 aromatic carbocycles. The lowest BCUT2D eigenvalue weighted by Gasteiger charge is -2.22. The van der Waals surface area contributed by atoms with E-state index in [0.717, 1.165) is 31.0 Å². The third-order valence-electron chi connectivity index (χ3n) is 3.57. The summed E-state index contributed by atoms with van der Waals surface area (Å²) in [6, 6.07) is 10.1. The Bertz CT molecular complexity index is 364. The first-order valence-electron chi connectivity index (χ1n) is 6.86. The van der Waals surface area contributed by atoms with Gasteiger partial charge in [0.2, 0.25) is 5.91 Å². The molecule has 1 aliphatic heterocycles. The fourth-order valence-electron chi connectivity index (χ4n) is 2.39. The van der Waals surface area contributed by atoms with Crippen molar-refractivity contribution >= 4 is 18.3 Å². The highest BCUT2D eigenvalue weighted by Gasteiger charge is 2.14. The Hall–Kier alpha value is -1.06. The maximum absolute atomic E-state index is 11.7. The standard InChI is InChI=1S/C15H22N2O.ClH/c18-15(7-6-13-8-10-16-11-9-13)17-12-14-4-2-1-3-5-14;/h1-5,13,16H,6-12H2,(H,17,18);1H. The van der Waals surface area contributed by atoms with E-state index in [1.165, 1.54) is 12.8 Å². The molecule has 2 N–H and O–H groups in total. The highest BCUT2D eigenvalue weighted by Crippen LogP contribution is 2.17. The Morgan fingerprint density at radius 2 is 1.89 bits per heavy atom. The van der Waals surface area contributed by atoms with Gasteiger partial charge in [0.1, 0.15) is 0 Å². The van der Waals surface area contributed by atoms with Crippen molar-refractivity contribution in [2.75, 3.05) is 13.1 Å². The zero-order chi connectivity index (χ0) is 12.6. The molecule has 106 valence electrons. The molecule has 19 heavy (non-hydrogen) atoms. The van der Waals surface area contributed by atoms with Crippen LogP contribution in [0.5, 0.6) is 0 Å². The summed E-state index contributed by atoms with van der Waals surface area (Å²) < 4.78 is 0. The second-order valence-corrected chi connectivity index (χ2v) is 4.99. The van der Waals surface area contributed by atoms with Gasteiger partial charge in [-0.3, -0.25) is 4.79 Å². The second kappa shape index (κ2) is 8.94. The van der Waals surface area contributed by atoms with Crippen molar-refractivity contribution in [1.82, 2.24) is 10.6 Å². The summed E-state index contributed by atoms with van der Waals surface area (Å²) in [6.45, 7) is 2.86. The van der Waals surface area contributed by atoms with Gasteiger partial charge >= 0.3 is 0 Å². The number of hydrogen-bond donors (Lipinski definition) is 2. The Morgan fingerprint density at radius 3 is 2.58 bits per heavy atom. The Labute approximate surface area is 121 Å². The van der Waals surface area contributed by atoms with E-state index >= 15 is 0 Å². The average molecular weight is 283 g/mol. The van der Waals surface area contributed by atoms with Crippen LogP contribution in [-0.2, 0) is 11.3 Å². The van der Waals surface area contributed by atoms with Gasteiger partial charge in [-0.2, -0.15) is 0 Å². The van der Waals surface area contributed by atoms with E-state index in [9.17, 15) is 4.79 Å². The van der Waals surface area contributed by atoms with Crippen LogP contribution in [-0.4, -0.2) is 19.0 Å². The third kappa shape index (κ3) is 6.08. The van der Waals surface area contributed by atoms with Crippen LogP contribution < -0.4 is 10.6 Å². The van der Waals surface area contributed by atoms with Gasteiger partial charge in [-0.15, -0.1) is 12.4 Å². The molecule has 0 radical (unpaired) electrons. The van der Waals surface area contributed by atoms with E-state index in [2.05, 4.69) is 10.6 Å². The number of nitrogens with one attached hydrogen (secondary N) is 2. The Kier molecular flexibility index (Phi) is 7.53. The average Bonchev–Trinajstić information content (AvgIpc) is 2.45. The molecule has 0 aliphatic carbocycles. The number of piperidine rings is 1. The SMILES string of the molecule is Cl.O=C(CCC1CCNCC1)NCc1ccccc1. The molecular formula is C15H23ClN2O. The van der Waals surface area contributed by atoms with Crippen LogP contribution in [0, 0.1) is 5.92 Å². The monoisotopic (exact) mass is 282 g/mol. The minimum absolute atomic E-state index is 0. The summed E-state index contributed by atoms with van der Waals surface area (Å²) in [4.78, 5) is 11.7. The van der Waals surface area contributed by atoms with Crippen molar-refractivity contribution in [3.63, 3.8) is 0 Å². The number of rotatable bonds is 5. The molecule has 0 spiro atoms. The maximum Gasteiger partial charge on any atom is 0.220 e. The quantitative estimate of drug-likeness (QED) is 0.871. The largest absolute Gasteiger partial charge is 0.352 e. The third-order valence-corrected chi connectivity index (χ3v) is 3.57. The molecule has 1 heterocycles. The summed E-state index contributed by atoms with van der Waals surface area (Å²) in [6.07, 6.45) is 4.12. The predicted molar refractivity (Wildman–Crippen MR) is 80.4 cm³/mol. The normalized spacial score (nSPS) is 15.6. The lowest BCUT2D eigenvalue weighted by atomic mass is 9.93. The fraction of sp³-hybridized carbons (Fsp3) is 0.533. The minimum atomic E-state index is 0. The van der Waals surface area contributed by atoms with Crippen LogP contribution in [0.25, 0.3) is 0 Å². The molecule has 0 saturated carbocycles. The summed E-state index contributed by atoms with van der Waals surface area (Å²) in [7, 11) is 0. The Balaban J connectivity index is 0.00000180. The van der Waals surface area contributed by atoms with Gasteiger partial charge in [0.15, 0.2) is 0 Å². The number of carbonyl (C=O) groups excluding carboxylic acids is 1. The smallest absolute Gasteiger partial charge is 0.220 e. The Morgan fingerprint density at radius 1 is 1.21 bits per heavy atom. The first kappa shape index (κ1) is 16.0. The van der Waals surface area contributed by atoms with Crippen molar-refractivity contribution in [2.45, 2.75) is 32.2 Å². The lowest BCUT2D eigenvalue weighted by Crippen LogP contribution is -2.29. The van der Waals surface area contributed by atoms with Crippen molar-refractivity contribution in [3.05, 3.63) is 35.9 Å². The number of carbonyl (C=O) groups is 1. The van der Waals surface area contributed by atoms with Crippen LogP contribution in [0.4, 0.5) is 0 Å². The zero-order valence-corrected chi connectivity index (χ0v) is 12.0. The minimum Gasteiger partial charge on any atom is -0.352 e. The molecular weight excluding hydrogens is 260 g/mol. The molecule has 1 amide bonds. The van der Waals surface area contributed by atoms with Crippen LogP contribution in [0.1, 0.15) is 31.2 Å². The maximum atomic E-state index is 11.7. The van der Waals surface area contributed by atoms with E-state index < -0.39 is 0 Å². The van der Waals surface area contributed by atoms with E-state index in [1.807, 2.05) is 30.3 Å². The summed E-state index contributed by atoms with van der Waals surface area (Å²) in [5.41, 5.74) is 1.16. The highest BCUT2D eigenvalue weighted by atomic mass is 35.5. The van der Waals surface area contributed by atoms with Crippen molar-refractivity contribution in [1.29, 1.82) is 0 Å². The van der Waals surface area contributed by atoms with E-state index in [4.69, 9.17) is 0 Å². The molecule has 0 bridgehead atoms. The number of amides is 1. The van der Waals surface area contributed by atoms with Gasteiger partial charge < -0.3 is 10.6 Å². The molecule has 0 aromatic heterocycles. The second-order valence-electron chi connectivity index (χ2n) is 4.99. The topological polar surface area (TPSA) is 41.1 Å². The summed E-state index contributed by atoms with van der Waals surface area (Å²) in [5, 5.41) is 6.33. The molecule has 1 saturated heterocycles. The zero-order valence-electron chi connectivity index (χ0n) is 11.2. The first-order valence-corrected chi connectivity index (χ1v) is 6.86. The number of halogens is 1. The van der Waals surface area contributed by atoms with Crippen LogP contribution in [0.15, 0.2) is 30.3 Å². The van der Waals surface area contributed by atoms with Crippen LogP contribution >= 0.6 is 12.4 Å². The molecule has 1 aliphatic rings. The molecule has 1 fully saturated rings. The molecule has 3 nitrogen and oxygen atoms in total. The number of benzene rings is 1. The van der Waals surface area contributed by atoms with E-state index in [-0.39, 0.29) is 18.3 Å². The van der Waals surface area contributed by atoms with Gasteiger partial charge in [0, 0.05) is 13.0 Å². The molecule has 1 aromatic rings. The summed E-state index contributed by atoms with van der Waals surface area (Å²) >= 11 is 0. The van der Waals surface area contributed by atoms with Gasteiger partial charge in [0.25, 0.3) is 0 Å². The molecule has 4 heteroatoms. The highest BCUT2D eigenvalue weighted by molar-refractivity contribution is 5.85. The van der Waals surface area contributed by atoms with Crippen molar-refractivity contribution < 1.29 is 4.79 Å². The van der Waals surface area contributed by atoms with E-state index in [1.54, 1.807) is 0 Å². The lowest BCUT2D eigenvalue weighted by molar-refractivity contribution is -0.121. The van der Waals surface area contributed by atoms with Gasteiger partial charge in [-0.05, 0) is 43.8 Å². The van der Waals surface area contributed by atoms with E-state index in [0.29, 0.717) is 13.0 Å².